The van der Waals surface area contributed by atoms with E-state index in [1.54, 1.807) is 0 Å². The Morgan fingerprint density at radius 2 is 0.927 bits per heavy atom. The fourth-order valence-corrected chi connectivity index (χ4v) is 10.6. The minimum absolute atomic E-state index is 0.455. The van der Waals surface area contributed by atoms with Gasteiger partial charge in [-0.1, -0.05) is 140 Å². The van der Waals surface area contributed by atoms with Crippen LogP contribution in [-0.2, 0) is 38.9 Å². The van der Waals surface area contributed by atoms with Crippen LogP contribution in [0.25, 0.3) is 0 Å². The standard InChI is InChI=1S/C48H69O5PS/c1-3-5-6-18-32-44-45(49-44)33-19-11-7-9-14-24-38-26-21-28-40(35-38)52-54(55,42-30-16-13-17-31-42)53-41-29-22-27-39(36-41)25-15-10-8-12-20-34-46-48(51-46)37-47-43(50-47)23-4-2/h13,16-17,21-22,26-31,35-36,43-48H,3-12,14-15,18-20,23-25,32-34,37H2,1-2H3. The molecular formula is C48H69O5PS. The van der Waals surface area contributed by atoms with E-state index in [0.717, 1.165) is 36.1 Å². The lowest BCUT2D eigenvalue weighted by Crippen LogP contribution is -2.14. The zero-order valence-corrected chi connectivity index (χ0v) is 35.6. The number of rotatable bonds is 30. The molecule has 0 amide bonds. The second-order valence-electron chi connectivity index (χ2n) is 16.4. The Morgan fingerprint density at radius 3 is 1.45 bits per heavy atom. The molecule has 0 aliphatic carbocycles. The maximum atomic E-state index is 6.68. The van der Waals surface area contributed by atoms with Gasteiger partial charge < -0.3 is 23.3 Å². The fourth-order valence-electron chi connectivity index (χ4n) is 8.19. The van der Waals surface area contributed by atoms with Gasteiger partial charge in [0.2, 0.25) is 0 Å². The Morgan fingerprint density at radius 1 is 0.473 bits per heavy atom. The van der Waals surface area contributed by atoms with E-state index in [1.165, 1.54) is 133 Å². The van der Waals surface area contributed by atoms with Crippen molar-refractivity contribution < 1.29 is 23.3 Å². The van der Waals surface area contributed by atoms with Crippen molar-refractivity contribution in [2.24, 2.45) is 0 Å². The van der Waals surface area contributed by atoms with Gasteiger partial charge in [-0.15, -0.1) is 0 Å². The molecule has 0 spiro atoms. The van der Waals surface area contributed by atoms with Crippen molar-refractivity contribution in [1.82, 2.24) is 0 Å². The average molecular weight is 789 g/mol. The van der Waals surface area contributed by atoms with Crippen molar-refractivity contribution in [2.45, 2.75) is 192 Å². The summed E-state index contributed by atoms with van der Waals surface area (Å²) in [5, 5.41) is 0.921. The molecule has 3 fully saturated rings. The van der Waals surface area contributed by atoms with E-state index in [9.17, 15) is 0 Å². The summed E-state index contributed by atoms with van der Waals surface area (Å²) in [6.45, 7) is 1.63. The zero-order chi connectivity index (χ0) is 38.1. The highest BCUT2D eigenvalue weighted by atomic mass is 32.5. The second kappa shape index (κ2) is 22.7. The number of benzene rings is 3. The first kappa shape index (κ1) is 42.4. The molecule has 3 aliphatic heterocycles. The molecule has 0 radical (unpaired) electrons. The van der Waals surface area contributed by atoms with Crippen LogP contribution in [0.5, 0.6) is 11.5 Å². The Bertz CT molecular complexity index is 1580. The average Bonchev–Trinajstić information content (AvgIpc) is 4.14. The number of epoxide rings is 3. The topological polar surface area (TPSA) is 56.0 Å². The van der Waals surface area contributed by atoms with Crippen LogP contribution in [0.15, 0.2) is 78.9 Å². The van der Waals surface area contributed by atoms with Crippen LogP contribution in [0.2, 0.25) is 0 Å². The molecular weight excluding hydrogens is 720 g/mol. The molecule has 3 aliphatic rings. The number of aryl methyl sites for hydroxylation is 2. The summed E-state index contributed by atoms with van der Waals surface area (Å²) >= 11 is 6.29. The Kier molecular flexibility index (Phi) is 17.5. The number of ether oxygens (including phenoxy) is 3. The lowest BCUT2D eigenvalue weighted by atomic mass is 10.0. The molecule has 55 heavy (non-hydrogen) atoms. The smallest absolute Gasteiger partial charge is 0.319 e. The molecule has 7 atom stereocenters. The van der Waals surface area contributed by atoms with Crippen molar-refractivity contribution in [1.29, 1.82) is 0 Å². The van der Waals surface area contributed by atoms with Gasteiger partial charge in [0.1, 0.15) is 11.5 Å². The highest BCUT2D eigenvalue weighted by Crippen LogP contribution is 2.48. The number of unbranched alkanes of at least 4 members (excludes halogenated alkanes) is 11. The molecule has 5 nitrogen and oxygen atoms in total. The van der Waals surface area contributed by atoms with E-state index in [4.69, 9.17) is 35.1 Å². The van der Waals surface area contributed by atoms with Crippen LogP contribution < -0.4 is 14.4 Å². The highest BCUT2D eigenvalue weighted by molar-refractivity contribution is 8.13. The Balaban J connectivity index is 0.883. The first-order chi connectivity index (χ1) is 27.0. The Hall–Kier alpha value is -2.21. The molecule has 7 heteroatoms. The maximum Gasteiger partial charge on any atom is 0.319 e. The highest BCUT2D eigenvalue weighted by Gasteiger charge is 2.47. The SMILES string of the molecule is CCCCCCC1OC1CCCCCCCc1cccc(OP(=S)(Oc2cccc(CCCCCCCC3OC3CC3OC3CCC)c2)c2ccccc2)c1. The summed E-state index contributed by atoms with van der Waals surface area (Å²) < 4.78 is 31.0. The third-order valence-corrected chi connectivity index (χ3v) is 14.6. The molecule has 3 aromatic carbocycles. The summed E-state index contributed by atoms with van der Waals surface area (Å²) in [6.07, 6.45) is 30.2. The molecule has 3 saturated heterocycles. The van der Waals surface area contributed by atoms with Crippen molar-refractivity contribution in [3.05, 3.63) is 90.0 Å². The monoisotopic (exact) mass is 788 g/mol. The lowest BCUT2D eigenvalue weighted by molar-refractivity contribution is 0.318. The Labute approximate surface area is 338 Å². The largest absolute Gasteiger partial charge is 0.432 e. The summed E-state index contributed by atoms with van der Waals surface area (Å²) in [5.41, 5.74) is 2.58. The summed E-state index contributed by atoms with van der Waals surface area (Å²) in [7, 11) is 0. The second-order valence-corrected chi connectivity index (χ2v) is 19.8. The van der Waals surface area contributed by atoms with Gasteiger partial charge in [-0.2, -0.15) is 0 Å². The third kappa shape index (κ3) is 14.9. The van der Waals surface area contributed by atoms with Gasteiger partial charge >= 0.3 is 6.49 Å². The zero-order valence-electron chi connectivity index (χ0n) is 33.9. The normalized spacial score (nSPS) is 23.6. The van der Waals surface area contributed by atoms with Crippen molar-refractivity contribution in [3.63, 3.8) is 0 Å². The van der Waals surface area contributed by atoms with Crippen molar-refractivity contribution in [2.75, 3.05) is 0 Å². The van der Waals surface area contributed by atoms with E-state index in [-0.39, 0.29) is 0 Å². The molecule has 7 unspecified atom stereocenters. The molecule has 0 bridgehead atoms. The van der Waals surface area contributed by atoms with E-state index in [2.05, 4.69) is 50.2 Å². The van der Waals surface area contributed by atoms with Gasteiger partial charge in [0.15, 0.2) is 0 Å². The summed E-state index contributed by atoms with van der Waals surface area (Å²) in [4.78, 5) is 0. The van der Waals surface area contributed by atoms with E-state index >= 15 is 0 Å². The molecule has 302 valence electrons. The number of hydrogen-bond acceptors (Lipinski definition) is 6. The first-order valence-corrected chi connectivity index (χ1v) is 24.9. The molecule has 6 rings (SSSR count). The first-order valence-electron chi connectivity index (χ1n) is 22.2. The van der Waals surface area contributed by atoms with Gasteiger partial charge in [-0.05, 0) is 111 Å². The summed E-state index contributed by atoms with van der Waals surface area (Å²) in [5.74, 6) is 1.57. The van der Waals surface area contributed by atoms with E-state index in [1.807, 2.05) is 42.5 Å². The number of hydrogen-bond donors (Lipinski definition) is 0. The fraction of sp³-hybridized carbons (Fsp3) is 0.625. The van der Waals surface area contributed by atoms with Gasteiger partial charge in [-0.25, -0.2) is 0 Å². The lowest BCUT2D eigenvalue weighted by Gasteiger charge is -2.24. The quantitative estimate of drug-likeness (QED) is 0.0381. The maximum absolute atomic E-state index is 6.68. The minimum atomic E-state index is -2.87. The van der Waals surface area contributed by atoms with Crippen LogP contribution in [-0.4, -0.2) is 36.6 Å². The van der Waals surface area contributed by atoms with Gasteiger partial charge in [-0.3, -0.25) is 0 Å². The summed E-state index contributed by atoms with van der Waals surface area (Å²) in [6, 6.07) is 27.1. The predicted molar refractivity (Wildman–Crippen MR) is 232 cm³/mol. The van der Waals surface area contributed by atoms with Crippen LogP contribution in [0.3, 0.4) is 0 Å². The molecule has 0 aromatic heterocycles. The van der Waals surface area contributed by atoms with Gasteiger partial charge in [0.05, 0.1) is 41.9 Å². The molecule has 0 saturated carbocycles. The van der Waals surface area contributed by atoms with Crippen molar-refractivity contribution >= 4 is 23.6 Å². The third-order valence-electron chi connectivity index (χ3n) is 11.7. The van der Waals surface area contributed by atoms with Gasteiger partial charge in [0.25, 0.3) is 0 Å². The van der Waals surface area contributed by atoms with Crippen LogP contribution >= 0.6 is 6.49 Å². The van der Waals surface area contributed by atoms with Gasteiger partial charge in [0, 0.05) is 6.42 Å². The van der Waals surface area contributed by atoms with E-state index in [0.29, 0.717) is 36.6 Å². The molecule has 3 heterocycles. The minimum Gasteiger partial charge on any atom is -0.432 e. The molecule has 0 N–H and O–H groups in total. The van der Waals surface area contributed by atoms with Crippen LogP contribution in [0, 0.1) is 0 Å². The van der Waals surface area contributed by atoms with Crippen LogP contribution in [0.4, 0.5) is 0 Å². The predicted octanol–water partition coefficient (Wildman–Crippen LogP) is 13.0. The van der Waals surface area contributed by atoms with E-state index < -0.39 is 6.49 Å². The molecule has 3 aromatic rings. The van der Waals surface area contributed by atoms with Crippen LogP contribution in [0.1, 0.15) is 153 Å². The van der Waals surface area contributed by atoms with Crippen molar-refractivity contribution in [3.8, 4) is 11.5 Å².